The van der Waals surface area contributed by atoms with Crippen LogP contribution >= 0.6 is 23.4 Å². The Balaban J connectivity index is 1.36. The van der Waals surface area contributed by atoms with Gasteiger partial charge in [0, 0.05) is 54.4 Å². The number of aliphatic imine (C=N–C) groups is 1. The van der Waals surface area contributed by atoms with Crippen molar-refractivity contribution in [3.05, 3.63) is 34.5 Å². The van der Waals surface area contributed by atoms with Gasteiger partial charge in [0.05, 0.1) is 17.3 Å². The van der Waals surface area contributed by atoms with Crippen LogP contribution in [0.2, 0.25) is 5.02 Å². The SMILES string of the molecule is NC1(c2cc(Cl)cc3cc(C4=N[C@H](CCN5CCNCC5)CS4)[nH]c23)CCCC1. The number of fused-ring (bicyclic) bond motifs is 1. The van der Waals surface area contributed by atoms with Gasteiger partial charge < -0.3 is 20.9 Å². The van der Waals surface area contributed by atoms with Crippen LogP contribution in [0.25, 0.3) is 10.9 Å². The Kier molecular flexibility index (Phi) is 5.65. The summed E-state index contributed by atoms with van der Waals surface area (Å²) in [4.78, 5) is 11.2. The number of thioether (sulfide) groups is 1. The molecule has 0 amide bonds. The van der Waals surface area contributed by atoms with Crippen molar-refractivity contribution >= 4 is 39.3 Å². The first-order valence-electron chi connectivity index (χ1n) is 10.9. The summed E-state index contributed by atoms with van der Waals surface area (Å²) in [6.07, 6.45) is 5.58. The quantitative estimate of drug-likeness (QED) is 0.675. The Hall–Kier alpha value is -1.05. The third-order valence-corrected chi connectivity index (χ3v) is 8.02. The van der Waals surface area contributed by atoms with E-state index in [1.165, 1.54) is 18.4 Å². The number of hydrogen-bond acceptors (Lipinski definition) is 5. The Morgan fingerprint density at radius 2 is 2.00 bits per heavy atom. The molecule has 156 valence electrons. The van der Waals surface area contributed by atoms with E-state index in [0.717, 1.165) is 84.4 Å². The first-order chi connectivity index (χ1) is 14.1. The highest BCUT2D eigenvalue weighted by Crippen LogP contribution is 2.41. The van der Waals surface area contributed by atoms with Gasteiger partial charge in [-0.05, 0) is 43.0 Å². The molecular formula is C22H30ClN5S. The zero-order valence-electron chi connectivity index (χ0n) is 16.8. The standard InChI is InChI=1S/C22H30ClN5S/c23-16-11-15-12-19(27-20(15)18(13-16)22(24)4-1-2-5-22)21-26-17(14-29-21)3-8-28-9-6-25-7-10-28/h11-13,17,25,27H,1-10,14,24H2/t17-/m1/s1. The highest BCUT2D eigenvalue weighted by Gasteiger charge is 2.34. The van der Waals surface area contributed by atoms with Crippen LogP contribution in [0.5, 0.6) is 0 Å². The molecule has 1 aromatic carbocycles. The van der Waals surface area contributed by atoms with Gasteiger partial charge >= 0.3 is 0 Å². The minimum atomic E-state index is -0.262. The van der Waals surface area contributed by atoms with Gasteiger partial charge in [-0.2, -0.15) is 0 Å². The number of rotatable bonds is 5. The third kappa shape index (κ3) is 4.10. The minimum absolute atomic E-state index is 0.262. The Morgan fingerprint density at radius 3 is 2.79 bits per heavy atom. The molecule has 4 N–H and O–H groups in total. The topological polar surface area (TPSA) is 69.4 Å². The molecule has 0 unspecified atom stereocenters. The number of halogens is 1. The average Bonchev–Trinajstić information content (AvgIpc) is 3.46. The van der Waals surface area contributed by atoms with E-state index in [1.54, 1.807) is 0 Å². The van der Waals surface area contributed by atoms with Crippen LogP contribution in [0.4, 0.5) is 0 Å². The van der Waals surface area contributed by atoms with Crippen LogP contribution < -0.4 is 11.1 Å². The van der Waals surface area contributed by atoms with E-state index in [2.05, 4.69) is 27.3 Å². The van der Waals surface area contributed by atoms with E-state index in [0.29, 0.717) is 6.04 Å². The van der Waals surface area contributed by atoms with Crippen molar-refractivity contribution in [2.45, 2.75) is 43.7 Å². The van der Waals surface area contributed by atoms with E-state index < -0.39 is 0 Å². The maximum Gasteiger partial charge on any atom is 0.114 e. The number of piperazine rings is 1. The highest BCUT2D eigenvalue weighted by molar-refractivity contribution is 8.14. The van der Waals surface area contributed by atoms with E-state index in [1.807, 2.05) is 17.8 Å². The summed E-state index contributed by atoms with van der Waals surface area (Å²) in [5.41, 5.74) is 9.95. The molecule has 1 saturated carbocycles. The number of aromatic nitrogens is 1. The summed E-state index contributed by atoms with van der Waals surface area (Å²) < 4.78 is 0. The van der Waals surface area contributed by atoms with Crippen LogP contribution in [0, 0.1) is 0 Å². The third-order valence-electron chi connectivity index (χ3n) is 6.66. The first-order valence-corrected chi connectivity index (χ1v) is 12.2. The maximum absolute atomic E-state index is 6.79. The molecule has 1 saturated heterocycles. The number of benzene rings is 1. The Bertz CT molecular complexity index is 911. The van der Waals surface area contributed by atoms with Crippen molar-refractivity contribution in [3.8, 4) is 0 Å². The summed E-state index contributed by atoms with van der Waals surface area (Å²) in [5, 5.41) is 6.46. The second-order valence-electron chi connectivity index (χ2n) is 8.74. The molecule has 3 heterocycles. The van der Waals surface area contributed by atoms with Gasteiger partial charge in [0.15, 0.2) is 0 Å². The van der Waals surface area contributed by atoms with Gasteiger partial charge in [-0.3, -0.25) is 4.99 Å². The molecule has 5 rings (SSSR count). The Labute approximate surface area is 181 Å². The van der Waals surface area contributed by atoms with Crippen molar-refractivity contribution in [1.29, 1.82) is 0 Å². The van der Waals surface area contributed by atoms with E-state index in [-0.39, 0.29) is 5.54 Å². The van der Waals surface area contributed by atoms with Crippen molar-refractivity contribution < 1.29 is 0 Å². The van der Waals surface area contributed by atoms with Crippen LogP contribution in [0.15, 0.2) is 23.2 Å². The molecule has 1 aliphatic carbocycles. The smallest absolute Gasteiger partial charge is 0.114 e. The summed E-state index contributed by atoms with van der Waals surface area (Å²) in [6, 6.07) is 6.72. The second kappa shape index (κ2) is 8.23. The van der Waals surface area contributed by atoms with Crippen LogP contribution in [0.3, 0.4) is 0 Å². The first kappa shape index (κ1) is 19.9. The number of aromatic amines is 1. The molecule has 0 radical (unpaired) electrons. The second-order valence-corrected chi connectivity index (χ2v) is 10.2. The van der Waals surface area contributed by atoms with E-state index >= 15 is 0 Å². The predicted molar refractivity (Wildman–Crippen MR) is 124 cm³/mol. The normalized spacial score (nSPS) is 25.0. The lowest BCUT2D eigenvalue weighted by atomic mass is 9.88. The molecule has 2 aromatic rings. The molecule has 0 bridgehead atoms. The van der Waals surface area contributed by atoms with Gasteiger partial charge in [-0.1, -0.05) is 24.4 Å². The number of H-pyrrole nitrogens is 1. The lowest BCUT2D eigenvalue weighted by Gasteiger charge is -2.27. The van der Waals surface area contributed by atoms with E-state index in [4.69, 9.17) is 22.3 Å². The molecule has 29 heavy (non-hydrogen) atoms. The number of nitrogens with one attached hydrogen (secondary N) is 2. The molecule has 5 nitrogen and oxygen atoms in total. The number of nitrogens with zero attached hydrogens (tertiary/aromatic N) is 2. The zero-order chi connectivity index (χ0) is 19.8. The number of hydrogen-bond donors (Lipinski definition) is 3. The van der Waals surface area contributed by atoms with Gasteiger partial charge in [-0.25, -0.2) is 0 Å². The maximum atomic E-state index is 6.79. The predicted octanol–water partition coefficient (Wildman–Crippen LogP) is 3.71. The molecule has 0 spiro atoms. The molecule has 1 aromatic heterocycles. The van der Waals surface area contributed by atoms with Crippen LogP contribution in [-0.2, 0) is 5.54 Å². The fourth-order valence-electron chi connectivity index (χ4n) is 4.97. The van der Waals surface area contributed by atoms with Crippen molar-refractivity contribution in [2.24, 2.45) is 10.7 Å². The average molecular weight is 432 g/mol. The van der Waals surface area contributed by atoms with E-state index in [9.17, 15) is 0 Å². The molecule has 2 fully saturated rings. The van der Waals surface area contributed by atoms with Crippen molar-refractivity contribution in [3.63, 3.8) is 0 Å². The summed E-state index contributed by atoms with van der Waals surface area (Å²) in [6.45, 7) is 5.67. The van der Waals surface area contributed by atoms with Crippen molar-refractivity contribution in [2.75, 3.05) is 38.5 Å². The zero-order valence-corrected chi connectivity index (χ0v) is 18.4. The van der Waals surface area contributed by atoms with Gasteiger partial charge in [0.25, 0.3) is 0 Å². The largest absolute Gasteiger partial charge is 0.353 e. The fraction of sp³-hybridized carbons (Fsp3) is 0.591. The summed E-state index contributed by atoms with van der Waals surface area (Å²) in [5.74, 6) is 1.07. The number of nitrogens with two attached hydrogens (primary N) is 1. The van der Waals surface area contributed by atoms with Crippen molar-refractivity contribution in [1.82, 2.24) is 15.2 Å². The van der Waals surface area contributed by atoms with Gasteiger partial charge in [0.2, 0.25) is 0 Å². The lowest BCUT2D eigenvalue weighted by Crippen LogP contribution is -2.44. The summed E-state index contributed by atoms with van der Waals surface area (Å²) >= 11 is 8.33. The van der Waals surface area contributed by atoms with Crippen LogP contribution in [0.1, 0.15) is 43.4 Å². The van der Waals surface area contributed by atoms with Gasteiger partial charge in [0.1, 0.15) is 5.04 Å². The highest BCUT2D eigenvalue weighted by atomic mass is 35.5. The Morgan fingerprint density at radius 1 is 1.21 bits per heavy atom. The van der Waals surface area contributed by atoms with Crippen LogP contribution in [-0.4, -0.2) is 59.4 Å². The molecule has 3 aliphatic rings. The van der Waals surface area contributed by atoms with Gasteiger partial charge in [-0.15, -0.1) is 11.8 Å². The summed E-state index contributed by atoms with van der Waals surface area (Å²) in [7, 11) is 0. The molecule has 7 heteroatoms. The molecular weight excluding hydrogens is 402 g/mol. The minimum Gasteiger partial charge on any atom is -0.353 e. The molecule has 1 atom stereocenters. The monoisotopic (exact) mass is 431 g/mol. The molecule has 2 aliphatic heterocycles. The lowest BCUT2D eigenvalue weighted by molar-refractivity contribution is 0.235. The fourth-order valence-corrected chi connectivity index (χ4v) is 6.27.